The molecule has 0 N–H and O–H groups in total. The number of rotatable bonds is 3. The molecule has 0 saturated carbocycles. The normalized spacial score (nSPS) is 11.7. The highest BCUT2D eigenvalue weighted by Crippen LogP contribution is 2.12. The summed E-state index contributed by atoms with van der Waals surface area (Å²) < 4.78 is 5.67. The second kappa shape index (κ2) is 4.56. The van der Waals surface area contributed by atoms with Crippen LogP contribution in [0.1, 0.15) is 38.8 Å². The Hall–Kier alpha value is -0.890. The number of pyridine rings is 1. The summed E-state index contributed by atoms with van der Waals surface area (Å²) in [6.45, 7) is 8.95. The van der Waals surface area contributed by atoms with Crippen molar-refractivity contribution in [3.05, 3.63) is 29.6 Å². The Labute approximate surface area is 86.3 Å². The van der Waals surface area contributed by atoms with Crippen LogP contribution >= 0.6 is 0 Å². The van der Waals surface area contributed by atoms with Crippen molar-refractivity contribution in [2.45, 2.75) is 46.3 Å². The van der Waals surface area contributed by atoms with Crippen molar-refractivity contribution in [3.8, 4) is 0 Å². The molecule has 0 aromatic carbocycles. The maximum Gasteiger partial charge on any atom is 0.0739 e. The predicted octanol–water partition coefficient (Wildman–Crippen LogP) is 2.96. The Morgan fingerprint density at radius 1 is 1.21 bits per heavy atom. The van der Waals surface area contributed by atoms with Crippen LogP contribution in [-0.4, -0.2) is 10.6 Å². The van der Waals surface area contributed by atoms with Gasteiger partial charge in [-0.05, 0) is 38.3 Å². The molecule has 14 heavy (non-hydrogen) atoms. The molecule has 78 valence electrons. The Kier molecular flexibility index (Phi) is 3.64. The van der Waals surface area contributed by atoms with Gasteiger partial charge < -0.3 is 4.74 Å². The van der Waals surface area contributed by atoms with Gasteiger partial charge in [-0.3, -0.25) is 4.98 Å². The van der Waals surface area contributed by atoms with Gasteiger partial charge >= 0.3 is 0 Å². The summed E-state index contributed by atoms with van der Waals surface area (Å²) >= 11 is 0. The van der Waals surface area contributed by atoms with Gasteiger partial charge in [0.2, 0.25) is 0 Å². The zero-order valence-corrected chi connectivity index (χ0v) is 9.50. The molecule has 1 aromatic rings. The zero-order chi connectivity index (χ0) is 10.6. The average Bonchev–Trinajstić information content (AvgIpc) is 2.14. The number of aromatic nitrogens is 1. The molecule has 2 nitrogen and oxygen atoms in total. The topological polar surface area (TPSA) is 22.1 Å². The summed E-state index contributed by atoms with van der Waals surface area (Å²) in [5.74, 6) is 0. The summed E-state index contributed by atoms with van der Waals surface area (Å²) in [6, 6.07) is 2.15. The summed E-state index contributed by atoms with van der Waals surface area (Å²) in [7, 11) is 0. The fourth-order valence-electron chi connectivity index (χ4n) is 1.11. The minimum atomic E-state index is -0.0811. The third kappa shape index (κ3) is 3.88. The lowest BCUT2D eigenvalue weighted by molar-refractivity contribution is -0.0150. The summed E-state index contributed by atoms with van der Waals surface area (Å²) in [4.78, 5) is 4.18. The Morgan fingerprint density at radius 3 is 2.43 bits per heavy atom. The van der Waals surface area contributed by atoms with E-state index < -0.39 is 0 Å². The number of hydrogen-bond acceptors (Lipinski definition) is 2. The molecule has 0 atom stereocenters. The minimum absolute atomic E-state index is 0.0811. The van der Waals surface area contributed by atoms with Crippen LogP contribution in [0.25, 0.3) is 0 Å². The van der Waals surface area contributed by atoms with Crippen LogP contribution in [0.4, 0.5) is 0 Å². The Balaban J connectivity index is 2.59. The minimum Gasteiger partial charge on any atom is -0.371 e. The maximum absolute atomic E-state index is 5.67. The molecule has 0 fully saturated rings. The molecule has 0 saturated heterocycles. The van der Waals surface area contributed by atoms with Gasteiger partial charge in [-0.25, -0.2) is 0 Å². The lowest BCUT2D eigenvalue weighted by Crippen LogP contribution is -2.18. The monoisotopic (exact) mass is 193 g/mol. The lowest BCUT2D eigenvalue weighted by Gasteiger charge is -2.19. The number of aryl methyl sites for hydroxylation is 1. The van der Waals surface area contributed by atoms with E-state index in [0.29, 0.717) is 6.61 Å². The first kappa shape index (κ1) is 11.2. The molecule has 0 aliphatic rings. The van der Waals surface area contributed by atoms with Gasteiger partial charge in [0, 0.05) is 12.4 Å². The second-order valence-corrected chi connectivity index (χ2v) is 4.46. The molecule has 0 aliphatic heterocycles. The molecule has 1 heterocycles. The standard InChI is InChI=1S/C12H19NO/c1-5-10-6-11(8-13-7-10)9-14-12(2,3)4/h6-8H,5,9H2,1-4H3. The average molecular weight is 193 g/mol. The third-order valence-electron chi connectivity index (χ3n) is 1.93. The maximum atomic E-state index is 5.67. The summed E-state index contributed by atoms with van der Waals surface area (Å²) in [5.41, 5.74) is 2.33. The Morgan fingerprint density at radius 2 is 1.86 bits per heavy atom. The number of nitrogens with zero attached hydrogens (tertiary/aromatic N) is 1. The molecule has 0 amide bonds. The van der Waals surface area contributed by atoms with E-state index in [-0.39, 0.29) is 5.60 Å². The van der Waals surface area contributed by atoms with Crippen LogP contribution in [-0.2, 0) is 17.8 Å². The number of hydrogen-bond donors (Lipinski definition) is 0. The summed E-state index contributed by atoms with van der Waals surface area (Å²) in [5, 5.41) is 0. The van der Waals surface area contributed by atoms with Crippen molar-refractivity contribution in [1.29, 1.82) is 0 Å². The summed E-state index contributed by atoms with van der Waals surface area (Å²) in [6.07, 6.45) is 4.79. The molecule has 0 aliphatic carbocycles. The van der Waals surface area contributed by atoms with Gasteiger partial charge in [0.05, 0.1) is 12.2 Å². The fraction of sp³-hybridized carbons (Fsp3) is 0.583. The second-order valence-electron chi connectivity index (χ2n) is 4.46. The first-order chi connectivity index (χ1) is 6.51. The van der Waals surface area contributed by atoms with Crippen LogP contribution in [0.3, 0.4) is 0 Å². The zero-order valence-electron chi connectivity index (χ0n) is 9.50. The van der Waals surface area contributed by atoms with E-state index in [4.69, 9.17) is 4.74 Å². The van der Waals surface area contributed by atoms with Crippen LogP contribution in [0.2, 0.25) is 0 Å². The van der Waals surface area contributed by atoms with Crippen molar-refractivity contribution >= 4 is 0 Å². The van der Waals surface area contributed by atoms with Gasteiger partial charge in [-0.2, -0.15) is 0 Å². The van der Waals surface area contributed by atoms with Crippen molar-refractivity contribution in [2.75, 3.05) is 0 Å². The molecule has 2 heteroatoms. The van der Waals surface area contributed by atoms with E-state index in [9.17, 15) is 0 Å². The highest BCUT2D eigenvalue weighted by molar-refractivity contribution is 5.17. The van der Waals surface area contributed by atoms with E-state index in [2.05, 4.69) is 38.7 Å². The van der Waals surface area contributed by atoms with Crippen LogP contribution in [0, 0.1) is 0 Å². The third-order valence-corrected chi connectivity index (χ3v) is 1.93. The van der Waals surface area contributed by atoms with E-state index in [0.717, 1.165) is 12.0 Å². The fourth-order valence-corrected chi connectivity index (χ4v) is 1.11. The molecular formula is C12H19NO. The van der Waals surface area contributed by atoms with Crippen molar-refractivity contribution < 1.29 is 4.74 Å². The van der Waals surface area contributed by atoms with Crippen molar-refractivity contribution in [3.63, 3.8) is 0 Å². The SMILES string of the molecule is CCc1cncc(COC(C)(C)C)c1. The Bertz CT molecular complexity index is 289. The molecule has 0 spiro atoms. The molecule has 0 bridgehead atoms. The predicted molar refractivity (Wildman–Crippen MR) is 58.2 cm³/mol. The molecule has 1 aromatic heterocycles. The quantitative estimate of drug-likeness (QED) is 0.736. The van der Waals surface area contributed by atoms with Gasteiger partial charge in [0.1, 0.15) is 0 Å². The van der Waals surface area contributed by atoms with E-state index in [1.807, 2.05) is 12.4 Å². The molecular weight excluding hydrogens is 174 g/mol. The van der Waals surface area contributed by atoms with Crippen molar-refractivity contribution in [1.82, 2.24) is 4.98 Å². The largest absolute Gasteiger partial charge is 0.371 e. The van der Waals surface area contributed by atoms with Gasteiger partial charge in [-0.15, -0.1) is 0 Å². The van der Waals surface area contributed by atoms with Crippen LogP contribution < -0.4 is 0 Å². The van der Waals surface area contributed by atoms with Gasteiger partial charge in [0.25, 0.3) is 0 Å². The molecule has 0 unspecified atom stereocenters. The highest BCUT2D eigenvalue weighted by atomic mass is 16.5. The lowest BCUT2D eigenvalue weighted by atomic mass is 10.1. The number of ether oxygens (including phenoxy) is 1. The van der Waals surface area contributed by atoms with E-state index >= 15 is 0 Å². The van der Waals surface area contributed by atoms with Gasteiger partial charge in [0.15, 0.2) is 0 Å². The van der Waals surface area contributed by atoms with E-state index in [1.165, 1.54) is 5.56 Å². The first-order valence-electron chi connectivity index (χ1n) is 5.08. The van der Waals surface area contributed by atoms with Crippen molar-refractivity contribution in [2.24, 2.45) is 0 Å². The first-order valence-corrected chi connectivity index (χ1v) is 5.08. The van der Waals surface area contributed by atoms with E-state index in [1.54, 1.807) is 0 Å². The smallest absolute Gasteiger partial charge is 0.0739 e. The van der Waals surface area contributed by atoms with Crippen LogP contribution in [0.15, 0.2) is 18.5 Å². The molecule has 1 rings (SSSR count). The van der Waals surface area contributed by atoms with Crippen LogP contribution in [0.5, 0.6) is 0 Å². The highest BCUT2D eigenvalue weighted by Gasteiger charge is 2.09. The van der Waals surface area contributed by atoms with Gasteiger partial charge in [-0.1, -0.05) is 13.0 Å². The molecule has 0 radical (unpaired) electrons.